The molecule has 1 aromatic carbocycles. The van der Waals surface area contributed by atoms with Crippen molar-refractivity contribution in [3.8, 4) is 0 Å². The van der Waals surface area contributed by atoms with Gasteiger partial charge in [0.05, 0.1) is 36.6 Å². The molecule has 0 aliphatic heterocycles. The van der Waals surface area contributed by atoms with E-state index < -0.39 is 0 Å². The van der Waals surface area contributed by atoms with Gasteiger partial charge in [-0.1, -0.05) is 23.7 Å². The monoisotopic (exact) mass is 258 g/mol. The lowest BCUT2D eigenvalue weighted by molar-refractivity contribution is 0.0667. The molecule has 3 N–H and O–H groups in total. The van der Waals surface area contributed by atoms with E-state index in [1.807, 2.05) is 24.3 Å². The summed E-state index contributed by atoms with van der Waals surface area (Å²) in [6.45, 7) is 2.17. The Hall–Kier alpha value is -0.810. The number of rotatable bonds is 8. The second-order valence-electron chi connectivity index (χ2n) is 3.62. The van der Waals surface area contributed by atoms with Gasteiger partial charge in [-0.2, -0.15) is 0 Å². The van der Waals surface area contributed by atoms with E-state index in [-0.39, 0.29) is 6.04 Å². The average molecular weight is 259 g/mol. The number of anilines is 1. The Bertz CT molecular complexity index is 323. The van der Waals surface area contributed by atoms with Crippen LogP contribution in [0.2, 0.25) is 5.02 Å². The Morgan fingerprint density at radius 3 is 2.76 bits per heavy atom. The van der Waals surface area contributed by atoms with Gasteiger partial charge in [0.25, 0.3) is 0 Å². The summed E-state index contributed by atoms with van der Waals surface area (Å²) in [4.78, 5) is 0. The predicted molar refractivity (Wildman–Crippen MR) is 70.6 cm³/mol. The molecule has 4 nitrogen and oxygen atoms in total. The molecule has 0 saturated heterocycles. The Morgan fingerprint density at radius 2 is 2.12 bits per heavy atom. The van der Waals surface area contributed by atoms with E-state index in [0.717, 1.165) is 5.69 Å². The Balaban J connectivity index is 2.38. The summed E-state index contributed by atoms with van der Waals surface area (Å²) in [6.07, 6.45) is 0. The third-order valence-electron chi connectivity index (χ3n) is 2.27. The summed E-state index contributed by atoms with van der Waals surface area (Å²) in [5, 5.41) is 3.93. The SMILES string of the molecule is COCCOCC(CN)Nc1ccccc1Cl. The fourth-order valence-electron chi connectivity index (χ4n) is 1.33. The fourth-order valence-corrected chi connectivity index (χ4v) is 1.52. The molecule has 0 aromatic heterocycles. The predicted octanol–water partition coefficient (Wildman–Crippen LogP) is 1.74. The highest BCUT2D eigenvalue weighted by Gasteiger charge is 2.08. The van der Waals surface area contributed by atoms with E-state index in [1.54, 1.807) is 7.11 Å². The van der Waals surface area contributed by atoms with Gasteiger partial charge in [0.1, 0.15) is 0 Å². The van der Waals surface area contributed by atoms with Crippen molar-refractivity contribution in [2.24, 2.45) is 5.73 Å². The number of methoxy groups -OCH3 is 1. The van der Waals surface area contributed by atoms with Gasteiger partial charge >= 0.3 is 0 Å². The Labute approximate surface area is 107 Å². The molecule has 0 radical (unpaired) electrons. The summed E-state index contributed by atoms with van der Waals surface area (Å²) in [5.74, 6) is 0. The second-order valence-corrected chi connectivity index (χ2v) is 4.03. The van der Waals surface area contributed by atoms with Crippen LogP contribution in [0.4, 0.5) is 5.69 Å². The number of halogens is 1. The van der Waals surface area contributed by atoms with Crippen LogP contribution in [0.1, 0.15) is 0 Å². The van der Waals surface area contributed by atoms with Crippen molar-refractivity contribution in [1.29, 1.82) is 0 Å². The van der Waals surface area contributed by atoms with Crippen molar-refractivity contribution in [3.63, 3.8) is 0 Å². The van der Waals surface area contributed by atoms with Gasteiger partial charge in [0, 0.05) is 13.7 Å². The first-order valence-corrected chi connectivity index (χ1v) is 5.93. The molecule has 1 rings (SSSR count). The first-order valence-electron chi connectivity index (χ1n) is 5.55. The maximum absolute atomic E-state index is 6.04. The minimum Gasteiger partial charge on any atom is -0.382 e. The van der Waals surface area contributed by atoms with Gasteiger partial charge in [0.15, 0.2) is 0 Å². The lowest BCUT2D eigenvalue weighted by Crippen LogP contribution is -2.34. The standard InChI is InChI=1S/C12H19ClN2O2/c1-16-6-7-17-9-10(8-14)15-12-5-3-2-4-11(12)13/h2-5,10,15H,6-9,14H2,1H3. The van der Waals surface area contributed by atoms with Crippen LogP contribution in [0.15, 0.2) is 24.3 Å². The molecule has 0 amide bonds. The van der Waals surface area contributed by atoms with E-state index in [1.165, 1.54) is 0 Å². The molecule has 0 heterocycles. The van der Waals surface area contributed by atoms with Gasteiger partial charge in [-0.25, -0.2) is 0 Å². The molecule has 96 valence electrons. The van der Waals surface area contributed by atoms with E-state index in [9.17, 15) is 0 Å². The van der Waals surface area contributed by atoms with Gasteiger partial charge < -0.3 is 20.5 Å². The van der Waals surface area contributed by atoms with Crippen molar-refractivity contribution in [3.05, 3.63) is 29.3 Å². The van der Waals surface area contributed by atoms with Crippen LogP contribution in [0.3, 0.4) is 0 Å². The van der Waals surface area contributed by atoms with Crippen molar-refractivity contribution < 1.29 is 9.47 Å². The maximum atomic E-state index is 6.04. The van der Waals surface area contributed by atoms with Crippen LogP contribution in [0, 0.1) is 0 Å². The van der Waals surface area contributed by atoms with Crippen LogP contribution >= 0.6 is 11.6 Å². The molecular formula is C12H19ClN2O2. The zero-order valence-corrected chi connectivity index (χ0v) is 10.7. The zero-order valence-electron chi connectivity index (χ0n) is 9.99. The van der Waals surface area contributed by atoms with Crippen LogP contribution in [0.5, 0.6) is 0 Å². The minimum absolute atomic E-state index is 0.0479. The molecule has 1 aromatic rings. The van der Waals surface area contributed by atoms with Crippen molar-refractivity contribution in [1.82, 2.24) is 0 Å². The van der Waals surface area contributed by atoms with Crippen LogP contribution in [0.25, 0.3) is 0 Å². The zero-order chi connectivity index (χ0) is 12.5. The third-order valence-corrected chi connectivity index (χ3v) is 2.60. The van der Waals surface area contributed by atoms with Crippen molar-refractivity contribution in [2.45, 2.75) is 6.04 Å². The maximum Gasteiger partial charge on any atom is 0.0701 e. The molecular weight excluding hydrogens is 240 g/mol. The van der Waals surface area contributed by atoms with Crippen LogP contribution < -0.4 is 11.1 Å². The highest BCUT2D eigenvalue weighted by molar-refractivity contribution is 6.33. The molecule has 0 aliphatic carbocycles. The number of nitrogens with one attached hydrogen (secondary N) is 1. The smallest absolute Gasteiger partial charge is 0.0701 e. The molecule has 0 aliphatic rings. The number of para-hydroxylation sites is 1. The van der Waals surface area contributed by atoms with E-state index in [2.05, 4.69) is 5.32 Å². The molecule has 1 unspecified atom stereocenters. The Morgan fingerprint density at radius 1 is 1.35 bits per heavy atom. The highest BCUT2D eigenvalue weighted by atomic mass is 35.5. The van der Waals surface area contributed by atoms with Gasteiger partial charge in [-0.3, -0.25) is 0 Å². The summed E-state index contributed by atoms with van der Waals surface area (Å²) >= 11 is 6.04. The lowest BCUT2D eigenvalue weighted by Gasteiger charge is -2.18. The molecule has 5 heteroatoms. The fraction of sp³-hybridized carbons (Fsp3) is 0.500. The topological polar surface area (TPSA) is 56.5 Å². The second kappa shape index (κ2) is 8.31. The molecule has 0 saturated carbocycles. The molecule has 1 atom stereocenters. The molecule has 0 fully saturated rings. The minimum atomic E-state index is 0.0479. The van der Waals surface area contributed by atoms with Crippen molar-refractivity contribution >= 4 is 17.3 Å². The first-order chi connectivity index (χ1) is 8.27. The van der Waals surface area contributed by atoms with Gasteiger partial charge in [-0.05, 0) is 12.1 Å². The number of nitrogens with two attached hydrogens (primary N) is 1. The summed E-state index contributed by atoms with van der Waals surface area (Å²) in [6, 6.07) is 7.61. The molecule has 0 bridgehead atoms. The number of hydrogen-bond donors (Lipinski definition) is 2. The van der Waals surface area contributed by atoms with Crippen LogP contribution in [-0.4, -0.2) is 39.5 Å². The normalized spacial score (nSPS) is 12.4. The van der Waals surface area contributed by atoms with Gasteiger partial charge in [0.2, 0.25) is 0 Å². The average Bonchev–Trinajstić information content (AvgIpc) is 2.35. The molecule has 0 spiro atoms. The van der Waals surface area contributed by atoms with E-state index in [0.29, 0.717) is 31.4 Å². The number of benzene rings is 1. The number of hydrogen-bond acceptors (Lipinski definition) is 4. The van der Waals surface area contributed by atoms with E-state index >= 15 is 0 Å². The summed E-state index contributed by atoms with van der Waals surface area (Å²) in [5.41, 5.74) is 6.54. The summed E-state index contributed by atoms with van der Waals surface area (Å²) < 4.78 is 10.3. The highest BCUT2D eigenvalue weighted by Crippen LogP contribution is 2.21. The van der Waals surface area contributed by atoms with E-state index in [4.69, 9.17) is 26.8 Å². The quantitative estimate of drug-likeness (QED) is 0.698. The van der Waals surface area contributed by atoms with Crippen molar-refractivity contribution in [2.75, 3.05) is 38.8 Å². The largest absolute Gasteiger partial charge is 0.382 e. The third kappa shape index (κ3) is 5.37. The first kappa shape index (κ1) is 14.3. The van der Waals surface area contributed by atoms with Crippen LogP contribution in [-0.2, 0) is 9.47 Å². The lowest BCUT2D eigenvalue weighted by atomic mass is 10.2. The number of ether oxygens (including phenoxy) is 2. The Kier molecular flexibility index (Phi) is 6.96. The molecule has 17 heavy (non-hydrogen) atoms. The van der Waals surface area contributed by atoms with Gasteiger partial charge in [-0.15, -0.1) is 0 Å². The summed E-state index contributed by atoms with van der Waals surface area (Å²) in [7, 11) is 1.64.